The number of aromatic carboxylic acids is 1. The third-order valence-corrected chi connectivity index (χ3v) is 4.50. The lowest BCUT2D eigenvalue weighted by molar-refractivity contribution is 0.0696. The summed E-state index contributed by atoms with van der Waals surface area (Å²) in [4.78, 5) is 15.0. The Morgan fingerprint density at radius 2 is 2.00 bits per heavy atom. The fourth-order valence-corrected chi connectivity index (χ4v) is 3.19. The molecule has 20 heavy (non-hydrogen) atoms. The number of benzene rings is 1. The summed E-state index contributed by atoms with van der Waals surface area (Å²) in [6.07, 6.45) is 1.53. The zero-order chi connectivity index (χ0) is 14.8. The zero-order valence-corrected chi connectivity index (χ0v) is 11.6. The van der Waals surface area contributed by atoms with E-state index in [9.17, 15) is 13.2 Å². The fourth-order valence-electron chi connectivity index (χ4n) is 1.83. The molecule has 0 spiro atoms. The van der Waals surface area contributed by atoms with Crippen molar-refractivity contribution in [2.24, 2.45) is 0 Å². The van der Waals surface area contributed by atoms with Crippen molar-refractivity contribution in [3.63, 3.8) is 0 Å². The molecule has 104 valence electrons. The average molecular weight is 291 g/mol. The number of carboxylic acid groups (broad SMARTS) is 1. The van der Waals surface area contributed by atoms with E-state index in [4.69, 9.17) is 5.11 Å². The molecule has 2 aromatic rings. The summed E-state index contributed by atoms with van der Waals surface area (Å²) in [5.74, 6) is -1.28. The van der Waals surface area contributed by atoms with Crippen LogP contribution in [0.1, 0.15) is 21.6 Å². The minimum Gasteiger partial charge on any atom is -0.478 e. The first-order valence-electron chi connectivity index (χ1n) is 5.87. The monoisotopic (exact) mass is 291 g/mol. The first kappa shape index (κ1) is 14.2. The molecule has 0 bridgehead atoms. The van der Waals surface area contributed by atoms with Crippen molar-refractivity contribution < 1.29 is 18.3 Å². The first-order valence-corrected chi connectivity index (χ1v) is 7.52. The maximum Gasteiger partial charge on any atom is 0.335 e. The van der Waals surface area contributed by atoms with Crippen molar-refractivity contribution in [3.8, 4) is 0 Å². The summed E-state index contributed by atoms with van der Waals surface area (Å²) in [5.41, 5.74) is 0.967. The molecule has 0 aliphatic heterocycles. The Balaban J connectivity index is 2.35. The molecule has 1 aromatic carbocycles. The molecular weight excluding hydrogens is 278 g/mol. The predicted octanol–water partition coefficient (Wildman–Crippen LogP) is 2.06. The minimum atomic E-state index is -3.53. The number of rotatable bonds is 4. The molecule has 6 heteroatoms. The quantitative estimate of drug-likeness (QED) is 0.932. The molecule has 1 aromatic heterocycles. The van der Waals surface area contributed by atoms with E-state index in [1.165, 1.54) is 24.4 Å². The van der Waals surface area contributed by atoms with Crippen LogP contribution in [0.2, 0.25) is 0 Å². The Labute approximate surface area is 116 Å². The highest BCUT2D eigenvalue weighted by atomic mass is 32.2. The lowest BCUT2D eigenvalue weighted by Gasteiger charge is -2.07. The molecule has 1 heterocycles. The molecular formula is C14H13NO4S. The molecule has 2 rings (SSSR count). The smallest absolute Gasteiger partial charge is 0.335 e. The minimum absolute atomic E-state index is 0.0989. The number of aromatic nitrogens is 1. The van der Waals surface area contributed by atoms with Crippen LogP contribution in [0.5, 0.6) is 0 Å². The molecule has 0 radical (unpaired) electrons. The van der Waals surface area contributed by atoms with E-state index in [2.05, 4.69) is 4.98 Å². The van der Waals surface area contributed by atoms with Crippen molar-refractivity contribution in [2.75, 3.05) is 0 Å². The van der Waals surface area contributed by atoms with Crippen LogP contribution in [0.25, 0.3) is 0 Å². The van der Waals surface area contributed by atoms with E-state index in [-0.39, 0.29) is 16.2 Å². The summed E-state index contributed by atoms with van der Waals surface area (Å²) in [7, 11) is -3.53. The standard InChI is InChI=1S/C14H13NO4S/c1-10-8-12(5-6-13(10)14(16)17)20(18,19)9-11-4-2-3-7-15-11/h2-8H,9H2,1H3,(H,16,17). The molecule has 0 aliphatic carbocycles. The van der Waals surface area contributed by atoms with Crippen LogP contribution in [0.15, 0.2) is 47.5 Å². The normalized spacial score (nSPS) is 11.2. The molecule has 0 fully saturated rings. The van der Waals surface area contributed by atoms with Gasteiger partial charge < -0.3 is 5.11 Å². The predicted molar refractivity (Wildman–Crippen MR) is 73.3 cm³/mol. The van der Waals surface area contributed by atoms with Crippen LogP contribution < -0.4 is 0 Å². The first-order chi connectivity index (χ1) is 9.40. The molecule has 0 amide bonds. The number of nitrogens with zero attached hydrogens (tertiary/aromatic N) is 1. The number of hydrogen-bond donors (Lipinski definition) is 1. The second-order valence-corrected chi connectivity index (χ2v) is 6.35. The highest BCUT2D eigenvalue weighted by molar-refractivity contribution is 7.90. The number of carboxylic acids is 1. The van der Waals surface area contributed by atoms with Crippen LogP contribution >= 0.6 is 0 Å². The van der Waals surface area contributed by atoms with Gasteiger partial charge in [0, 0.05) is 6.20 Å². The zero-order valence-electron chi connectivity index (χ0n) is 10.8. The molecule has 0 aliphatic rings. The van der Waals surface area contributed by atoms with E-state index in [0.29, 0.717) is 11.3 Å². The number of carbonyl (C=O) groups is 1. The van der Waals surface area contributed by atoms with Gasteiger partial charge in [0.2, 0.25) is 0 Å². The Morgan fingerprint density at radius 3 is 2.55 bits per heavy atom. The van der Waals surface area contributed by atoms with Gasteiger partial charge in [-0.25, -0.2) is 13.2 Å². The summed E-state index contributed by atoms with van der Waals surface area (Å²) in [5, 5.41) is 8.94. The van der Waals surface area contributed by atoms with Gasteiger partial charge in [-0.1, -0.05) is 6.07 Å². The van der Waals surface area contributed by atoms with Crippen molar-refractivity contribution >= 4 is 15.8 Å². The molecule has 0 unspecified atom stereocenters. The summed E-state index contributed by atoms with van der Waals surface area (Å²) >= 11 is 0. The third kappa shape index (κ3) is 3.03. The fraction of sp³-hybridized carbons (Fsp3) is 0.143. The van der Waals surface area contributed by atoms with Gasteiger partial charge in [0.1, 0.15) is 0 Å². The highest BCUT2D eigenvalue weighted by Gasteiger charge is 2.18. The molecule has 0 saturated carbocycles. The highest BCUT2D eigenvalue weighted by Crippen LogP contribution is 2.19. The van der Waals surface area contributed by atoms with Crippen molar-refractivity contribution in [2.45, 2.75) is 17.6 Å². The van der Waals surface area contributed by atoms with Crippen LogP contribution in [0.4, 0.5) is 0 Å². The van der Waals surface area contributed by atoms with Gasteiger partial charge in [-0.2, -0.15) is 0 Å². The van der Waals surface area contributed by atoms with E-state index >= 15 is 0 Å². The molecule has 1 N–H and O–H groups in total. The van der Waals surface area contributed by atoms with E-state index in [1.807, 2.05) is 0 Å². The number of hydrogen-bond acceptors (Lipinski definition) is 4. The van der Waals surface area contributed by atoms with E-state index in [1.54, 1.807) is 25.1 Å². The van der Waals surface area contributed by atoms with Crippen LogP contribution in [-0.2, 0) is 15.6 Å². The summed E-state index contributed by atoms with van der Waals surface area (Å²) in [6, 6.07) is 9.06. The largest absolute Gasteiger partial charge is 0.478 e. The Bertz CT molecular complexity index is 739. The van der Waals surface area contributed by atoms with Gasteiger partial charge in [-0.3, -0.25) is 4.98 Å². The van der Waals surface area contributed by atoms with Gasteiger partial charge in [0.15, 0.2) is 9.84 Å². The van der Waals surface area contributed by atoms with Crippen molar-refractivity contribution in [1.29, 1.82) is 0 Å². The lowest BCUT2D eigenvalue weighted by atomic mass is 10.1. The van der Waals surface area contributed by atoms with Crippen molar-refractivity contribution in [1.82, 2.24) is 4.98 Å². The van der Waals surface area contributed by atoms with Gasteiger partial charge in [0.05, 0.1) is 21.9 Å². The topological polar surface area (TPSA) is 84.3 Å². The maximum atomic E-state index is 12.2. The van der Waals surface area contributed by atoms with Gasteiger partial charge >= 0.3 is 5.97 Å². The van der Waals surface area contributed by atoms with E-state index < -0.39 is 15.8 Å². The SMILES string of the molecule is Cc1cc(S(=O)(=O)Cc2ccccn2)ccc1C(=O)O. The summed E-state index contributed by atoms with van der Waals surface area (Å²) < 4.78 is 24.5. The van der Waals surface area contributed by atoms with Gasteiger partial charge in [0.25, 0.3) is 0 Å². The number of aryl methyl sites for hydroxylation is 1. The second kappa shape index (κ2) is 5.42. The van der Waals surface area contributed by atoms with E-state index in [0.717, 1.165) is 0 Å². The summed E-state index contributed by atoms with van der Waals surface area (Å²) in [6.45, 7) is 1.57. The van der Waals surface area contributed by atoms with Crippen molar-refractivity contribution in [3.05, 3.63) is 59.4 Å². The van der Waals surface area contributed by atoms with Crippen LogP contribution in [0, 0.1) is 6.92 Å². The van der Waals surface area contributed by atoms with Crippen LogP contribution in [0.3, 0.4) is 0 Å². The average Bonchev–Trinajstić information content (AvgIpc) is 2.38. The van der Waals surface area contributed by atoms with Crippen LogP contribution in [-0.4, -0.2) is 24.5 Å². The van der Waals surface area contributed by atoms with Gasteiger partial charge in [-0.15, -0.1) is 0 Å². The number of sulfone groups is 1. The second-order valence-electron chi connectivity index (χ2n) is 4.36. The van der Waals surface area contributed by atoms with Gasteiger partial charge in [-0.05, 0) is 42.8 Å². The maximum absolute atomic E-state index is 12.2. The molecule has 0 saturated heterocycles. The Morgan fingerprint density at radius 1 is 1.25 bits per heavy atom. The number of pyridine rings is 1. The lowest BCUT2D eigenvalue weighted by Crippen LogP contribution is -2.08. The Kier molecular flexibility index (Phi) is 3.85. The third-order valence-electron chi connectivity index (χ3n) is 2.85. The molecule has 0 atom stereocenters. The molecule has 5 nitrogen and oxygen atoms in total. The Hall–Kier alpha value is -2.21.